The maximum absolute atomic E-state index is 9.79. The molecule has 1 saturated heterocycles. The standard InChI is InChI=1S/C17H18N4O/c1-11-18-15-9-14(12-5-3-2-4-6-12)20-16(15)17(19-11)21-8-7-13(22)10-21/h2-6,9,13,22H,7-8,10H2,1H3,(H,18,19). The molecule has 0 radical (unpaired) electrons. The minimum atomic E-state index is -0.273. The van der Waals surface area contributed by atoms with E-state index in [2.05, 4.69) is 33.1 Å². The molecule has 0 bridgehead atoms. The third kappa shape index (κ3) is 2.23. The van der Waals surface area contributed by atoms with Crippen LogP contribution in [0.5, 0.6) is 0 Å². The van der Waals surface area contributed by atoms with Crippen LogP contribution < -0.4 is 4.90 Å². The molecule has 3 aliphatic heterocycles. The van der Waals surface area contributed by atoms with Gasteiger partial charge in [0.15, 0.2) is 5.82 Å². The molecule has 1 aromatic rings. The Morgan fingerprint density at radius 3 is 2.77 bits per heavy atom. The number of aromatic amines is 1. The summed E-state index contributed by atoms with van der Waals surface area (Å²) in [5, 5.41) is 9.79. The van der Waals surface area contributed by atoms with Crippen LogP contribution in [0.15, 0.2) is 36.4 Å². The first-order chi connectivity index (χ1) is 10.7. The summed E-state index contributed by atoms with van der Waals surface area (Å²) in [6.45, 7) is 3.39. The molecule has 5 nitrogen and oxygen atoms in total. The number of aryl methyl sites for hydroxylation is 1. The highest BCUT2D eigenvalue weighted by atomic mass is 16.3. The lowest BCUT2D eigenvalue weighted by atomic mass is 10.1. The summed E-state index contributed by atoms with van der Waals surface area (Å²) >= 11 is 0. The Morgan fingerprint density at radius 2 is 2.05 bits per heavy atom. The van der Waals surface area contributed by atoms with Crippen molar-refractivity contribution in [3.63, 3.8) is 0 Å². The largest absolute Gasteiger partial charge is 0.391 e. The van der Waals surface area contributed by atoms with Crippen molar-refractivity contribution in [2.75, 3.05) is 18.0 Å². The Bertz CT molecular complexity index is 768. The maximum Gasteiger partial charge on any atom is 0.158 e. The van der Waals surface area contributed by atoms with Crippen LogP contribution in [0.3, 0.4) is 0 Å². The van der Waals surface area contributed by atoms with Crippen molar-refractivity contribution < 1.29 is 5.11 Å². The zero-order valence-electron chi connectivity index (χ0n) is 12.5. The number of rotatable bonds is 2. The van der Waals surface area contributed by atoms with Crippen molar-refractivity contribution in [3.05, 3.63) is 42.2 Å². The van der Waals surface area contributed by atoms with Crippen LogP contribution in [0.25, 0.3) is 22.6 Å². The van der Waals surface area contributed by atoms with Gasteiger partial charge in [0.2, 0.25) is 0 Å². The van der Waals surface area contributed by atoms with Crippen molar-refractivity contribution in [2.45, 2.75) is 19.4 Å². The SMILES string of the molecule is Cc1nc(N2CCC(O)C2)c2nc(-c3ccccc3)cc-2[nH]1. The van der Waals surface area contributed by atoms with E-state index in [4.69, 9.17) is 4.98 Å². The summed E-state index contributed by atoms with van der Waals surface area (Å²) in [5.41, 5.74) is 3.90. The fourth-order valence-electron chi connectivity index (χ4n) is 3.03. The number of anilines is 1. The van der Waals surface area contributed by atoms with Crippen molar-refractivity contribution >= 4 is 5.82 Å². The first kappa shape index (κ1) is 13.3. The highest BCUT2D eigenvalue weighted by molar-refractivity contribution is 5.78. The van der Waals surface area contributed by atoms with E-state index in [-0.39, 0.29) is 6.10 Å². The van der Waals surface area contributed by atoms with Crippen LogP contribution in [-0.4, -0.2) is 39.3 Å². The zero-order valence-corrected chi connectivity index (χ0v) is 12.5. The molecular weight excluding hydrogens is 276 g/mol. The number of hydrogen-bond donors (Lipinski definition) is 2. The lowest BCUT2D eigenvalue weighted by molar-refractivity contribution is 0.198. The quantitative estimate of drug-likeness (QED) is 0.762. The Morgan fingerprint density at radius 1 is 1.23 bits per heavy atom. The van der Waals surface area contributed by atoms with Gasteiger partial charge in [-0.3, -0.25) is 0 Å². The van der Waals surface area contributed by atoms with Gasteiger partial charge < -0.3 is 15.0 Å². The van der Waals surface area contributed by atoms with Crippen LogP contribution >= 0.6 is 0 Å². The number of fused-ring (bicyclic) bond motifs is 1. The second kappa shape index (κ2) is 5.10. The lowest BCUT2D eigenvalue weighted by Gasteiger charge is -2.19. The molecule has 0 saturated carbocycles. The predicted molar refractivity (Wildman–Crippen MR) is 86.0 cm³/mol. The number of aromatic nitrogens is 3. The van der Waals surface area contributed by atoms with E-state index in [9.17, 15) is 5.11 Å². The highest BCUT2D eigenvalue weighted by Gasteiger charge is 2.27. The molecule has 112 valence electrons. The molecule has 5 heteroatoms. The summed E-state index contributed by atoms with van der Waals surface area (Å²) in [6, 6.07) is 12.2. The molecule has 1 unspecified atom stereocenters. The van der Waals surface area contributed by atoms with Crippen LogP contribution in [-0.2, 0) is 0 Å². The van der Waals surface area contributed by atoms with Crippen LogP contribution in [0, 0.1) is 6.92 Å². The molecule has 3 heterocycles. The second-order valence-corrected chi connectivity index (χ2v) is 5.80. The van der Waals surface area contributed by atoms with E-state index in [0.717, 1.165) is 47.3 Å². The number of H-pyrrole nitrogens is 1. The maximum atomic E-state index is 9.79. The lowest BCUT2D eigenvalue weighted by Crippen LogP contribution is -2.23. The molecule has 3 aliphatic rings. The highest BCUT2D eigenvalue weighted by Crippen LogP contribution is 2.34. The van der Waals surface area contributed by atoms with Crippen LogP contribution in [0.4, 0.5) is 5.82 Å². The predicted octanol–water partition coefficient (Wildman–Crippen LogP) is 2.46. The number of aliphatic hydroxyl groups is 1. The van der Waals surface area contributed by atoms with Gasteiger partial charge >= 0.3 is 0 Å². The number of nitrogens with zero attached hydrogens (tertiary/aromatic N) is 3. The summed E-state index contributed by atoms with van der Waals surface area (Å²) in [6.07, 6.45) is 0.512. The van der Waals surface area contributed by atoms with E-state index in [1.807, 2.05) is 25.1 Å². The third-order valence-corrected chi connectivity index (χ3v) is 4.10. The Hall–Kier alpha value is -2.40. The number of nitrogens with one attached hydrogen (secondary N) is 1. The molecule has 22 heavy (non-hydrogen) atoms. The van der Waals surface area contributed by atoms with Crippen molar-refractivity contribution in [2.24, 2.45) is 0 Å². The number of aliphatic hydroxyl groups excluding tert-OH is 1. The normalized spacial score (nSPS) is 18.3. The molecule has 0 spiro atoms. The topological polar surface area (TPSA) is 65.0 Å². The third-order valence-electron chi connectivity index (χ3n) is 4.10. The first-order valence-corrected chi connectivity index (χ1v) is 7.56. The second-order valence-electron chi connectivity index (χ2n) is 5.80. The molecular formula is C17H18N4O. The van der Waals surface area contributed by atoms with Gasteiger partial charge in [-0.05, 0) is 19.4 Å². The first-order valence-electron chi connectivity index (χ1n) is 7.56. The van der Waals surface area contributed by atoms with E-state index in [1.54, 1.807) is 0 Å². The Kier molecular flexibility index (Phi) is 3.08. The monoisotopic (exact) mass is 294 g/mol. The van der Waals surface area contributed by atoms with E-state index in [1.165, 1.54) is 0 Å². The van der Waals surface area contributed by atoms with Gasteiger partial charge in [0, 0.05) is 18.7 Å². The van der Waals surface area contributed by atoms with E-state index >= 15 is 0 Å². The smallest absolute Gasteiger partial charge is 0.158 e. The van der Waals surface area contributed by atoms with Gasteiger partial charge in [-0.2, -0.15) is 0 Å². The Labute approximate surface area is 129 Å². The van der Waals surface area contributed by atoms with Crippen LogP contribution in [0.1, 0.15) is 12.2 Å². The molecule has 0 aliphatic carbocycles. The number of hydrogen-bond acceptors (Lipinski definition) is 4. The number of β-amino-alcohol motifs (C(OH)–C–C–N with tert-alkyl or cyclic N) is 1. The summed E-state index contributed by atoms with van der Waals surface area (Å²) in [5.74, 6) is 1.72. The molecule has 2 N–H and O–H groups in total. The van der Waals surface area contributed by atoms with Crippen LogP contribution in [0.2, 0.25) is 0 Å². The summed E-state index contributed by atoms with van der Waals surface area (Å²) in [4.78, 5) is 14.8. The molecule has 0 aromatic heterocycles. The average Bonchev–Trinajstić information content (AvgIpc) is 3.13. The van der Waals surface area contributed by atoms with Gasteiger partial charge in [-0.15, -0.1) is 0 Å². The Balaban J connectivity index is 1.83. The molecule has 1 fully saturated rings. The zero-order chi connectivity index (χ0) is 15.1. The van der Waals surface area contributed by atoms with Gasteiger partial charge in [0.1, 0.15) is 11.5 Å². The fourth-order valence-corrected chi connectivity index (χ4v) is 3.03. The molecule has 1 aromatic carbocycles. The minimum Gasteiger partial charge on any atom is -0.391 e. The molecule has 1 atom stereocenters. The summed E-state index contributed by atoms with van der Waals surface area (Å²) in [7, 11) is 0. The van der Waals surface area contributed by atoms with E-state index < -0.39 is 0 Å². The van der Waals surface area contributed by atoms with Crippen molar-refractivity contribution in [1.29, 1.82) is 0 Å². The average molecular weight is 294 g/mol. The van der Waals surface area contributed by atoms with Gasteiger partial charge in [0.25, 0.3) is 0 Å². The minimum absolute atomic E-state index is 0.273. The van der Waals surface area contributed by atoms with Crippen molar-refractivity contribution in [1.82, 2.24) is 15.0 Å². The summed E-state index contributed by atoms with van der Waals surface area (Å²) < 4.78 is 0. The van der Waals surface area contributed by atoms with Crippen molar-refractivity contribution in [3.8, 4) is 22.6 Å². The van der Waals surface area contributed by atoms with E-state index in [0.29, 0.717) is 6.54 Å². The fraction of sp³-hybridized carbons (Fsp3) is 0.294. The van der Waals surface area contributed by atoms with Gasteiger partial charge in [0.05, 0.1) is 17.5 Å². The number of benzene rings is 1. The molecule has 0 amide bonds. The van der Waals surface area contributed by atoms with Gasteiger partial charge in [-0.25, -0.2) is 9.97 Å². The van der Waals surface area contributed by atoms with Gasteiger partial charge in [-0.1, -0.05) is 30.3 Å². The molecule has 4 rings (SSSR count).